The molecule has 0 spiro atoms. The maximum absolute atomic E-state index is 5.87. The Morgan fingerprint density at radius 3 is 2.79 bits per heavy atom. The van der Waals surface area contributed by atoms with Crippen LogP contribution in [0.3, 0.4) is 0 Å². The van der Waals surface area contributed by atoms with Crippen LogP contribution in [0.2, 0.25) is 0 Å². The lowest BCUT2D eigenvalue weighted by Crippen LogP contribution is -2.29. The molecule has 2 rings (SSSR count). The van der Waals surface area contributed by atoms with Gasteiger partial charge in [-0.25, -0.2) is 0 Å². The molecular formula is C16H25NO2. The van der Waals surface area contributed by atoms with Gasteiger partial charge in [0.05, 0.1) is 12.2 Å². The van der Waals surface area contributed by atoms with E-state index in [-0.39, 0.29) is 12.1 Å². The second kappa shape index (κ2) is 6.92. The van der Waals surface area contributed by atoms with Crippen LogP contribution in [0.1, 0.15) is 45.2 Å². The van der Waals surface area contributed by atoms with Crippen molar-refractivity contribution in [3.8, 4) is 5.75 Å². The maximum Gasteiger partial charge on any atom is 0.124 e. The molecule has 1 heterocycles. The highest BCUT2D eigenvalue weighted by atomic mass is 16.5. The largest absolute Gasteiger partial charge is 0.491 e. The molecule has 2 atom stereocenters. The summed E-state index contributed by atoms with van der Waals surface area (Å²) in [4.78, 5) is 0. The topological polar surface area (TPSA) is 30.5 Å². The molecule has 106 valence electrons. The molecule has 0 amide bonds. The van der Waals surface area contributed by atoms with Crippen molar-refractivity contribution >= 4 is 0 Å². The lowest BCUT2D eigenvalue weighted by atomic mass is 10.1. The van der Waals surface area contributed by atoms with Gasteiger partial charge in [-0.1, -0.05) is 18.2 Å². The Morgan fingerprint density at radius 1 is 1.32 bits per heavy atom. The van der Waals surface area contributed by atoms with Crippen molar-refractivity contribution in [1.82, 2.24) is 5.32 Å². The summed E-state index contributed by atoms with van der Waals surface area (Å²) < 4.78 is 11.5. The summed E-state index contributed by atoms with van der Waals surface area (Å²) in [6.45, 7) is 8.12. The molecule has 0 saturated carbocycles. The standard InChI is InChI=1S/C16H25NO2/c1-12(2)19-16-9-5-4-8-15(16)13(3)17-11-14-7-6-10-18-14/h4-5,8-9,12-14,17H,6-7,10-11H2,1-3H3/t13-,14-/m0/s1. The first-order valence-electron chi connectivity index (χ1n) is 7.27. The number of nitrogens with one attached hydrogen (secondary N) is 1. The molecule has 1 aliphatic heterocycles. The highest BCUT2D eigenvalue weighted by Crippen LogP contribution is 2.26. The van der Waals surface area contributed by atoms with Crippen molar-refractivity contribution in [2.75, 3.05) is 13.2 Å². The Morgan fingerprint density at radius 2 is 2.11 bits per heavy atom. The van der Waals surface area contributed by atoms with Gasteiger partial charge in [-0.2, -0.15) is 0 Å². The molecule has 0 aliphatic carbocycles. The van der Waals surface area contributed by atoms with E-state index in [0.29, 0.717) is 6.10 Å². The zero-order valence-corrected chi connectivity index (χ0v) is 12.2. The van der Waals surface area contributed by atoms with Crippen molar-refractivity contribution in [2.45, 2.75) is 51.9 Å². The van der Waals surface area contributed by atoms with E-state index in [2.05, 4.69) is 38.2 Å². The van der Waals surface area contributed by atoms with Crippen LogP contribution in [0, 0.1) is 0 Å². The molecule has 0 bridgehead atoms. The molecule has 3 heteroatoms. The average Bonchev–Trinajstić information content (AvgIpc) is 2.89. The van der Waals surface area contributed by atoms with Crippen molar-refractivity contribution in [3.05, 3.63) is 29.8 Å². The zero-order chi connectivity index (χ0) is 13.7. The third-order valence-electron chi connectivity index (χ3n) is 3.42. The van der Waals surface area contributed by atoms with Crippen LogP contribution < -0.4 is 10.1 Å². The highest BCUT2D eigenvalue weighted by molar-refractivity contribution is 5.35. The van der Waals surface area contributed by atoms with Gasteiger partial charge < -0.3 is 14.8 Å². The molecular weight excluding hydrogens is 238 g/mol. The zero-order valence-electron chi connectivity index (χ0n) is 12.2. The minimum atomic E-state index is 0.200. The first-order chi connectivity index (χ1) is 9.16. The quantitative estimate of drug-likeness (QED) is 0.854. The number of ether oxygens (including phenoxy) is 2. The summed E-state index contributed by atoms with van der Waals surface area (Å²) in [6.07, 6.45) is 2.93. The Kier molecular flexibility index (Phi) is 5.23. The molecule has 1 saturated heterocycles. The fourth-order valence-corrected chi connectivity index (χ4v) is 2.42. The molecule has 0 aromatic heterocycles. The third kappa shape index (κ3) is 4.22. The lowest BCUT2D eigenvalue weighted by molar-refractivity contribution is 0.108. The van der Waals surface area contributed by atoms with Crippen LogP contribution in [-0.4, -0.2) is 25.4 Å². The van der Waals surface area contributed by atoms with E-state index in [1.165, 1.54) is 18.4 Å². The Labute approximate surface area is 116 Å². The summed E-state index contributed by atoms with van der Waals surface area (Å²) in [6, 6.07) is 8.53. The van der Waals surface area contributed by atoms with Gasteiger partial charge >= 0.3 is 0 Å². The highest BCUT2D eigenvalue weighted by Gasteiger charge is 2.18. The molecule has 1 aliphatic rings. The number of hydrogen-bond acceptors (Lipinski definition) is 3. The molecule has 0 radical (unpaired) electrons. The number of rotatable bonds is 6. The predicted octanol–water partition coefficient (Wildman–Crippen LogP) is 3.30. The first-order valence-corrected chi connectivity index (χ1v) is 7.27. The number of hydrogen-bond donors (Lipinski definition) is 1. The van der Waals surface area contributed by atoms with Crippen molar-refractivity contribution in [1.29, 1.82) is 0 Å². The molecule has 1 N–H and O–H groups in total. The Hall–Kier alpha value is -1.06. The monoisotopic (exact) mass is 263 g/mol. The van der Waals surface area contributed by atoms with Gasteiger partial charge in [0.25, 0.3) is 0 Å². The summed E-state index contributed by atoms with van der Waals surface area (Å²) >= 11 is 0. The van der Waals surface area contributed by atoms with Crippen LogP contribution in [0.5, 0.6) is 5.75 Å². The summed E-state index contributed by atoms with van der Waals surface area (Å²) in [5, 5.41) is 3.55. The normalized spacial score (nSPS) is 20.7. The predicted molar refractivity (Wildman–Crippen MR) is 77.6 cm³/mol. The molecule has 19 heavy (non-hydrogen) atoms. The van der Waals surface area contributed by atoms with Crippen molar-refractivity contribution < 1.29 is 9.47 Å². The SMILES string of the molecule is CC(C)Oc1ccccc1[C@H](C)NC[C@@H]1CCCO1. The minimum absolute atomic E-state index is 0.200. The Balaban J connectivity index is 1.95. The van der Waals surface area contributed by atoms with Crippen LogP contribution >= 0.6 is 0 Å². The second-order valence-corrected chi connectivity index (χ2v) is 5.47. The second-order valence-electron chi connectivity index (χ2n) is 5.47. The van der Waals surface area contributed by atoms with Gasteiger partial charge in [0.2, 0.25) is 0 Å². The minimum Gasteiger partial charge on any atom is -0.491 e. The third-order valence-corrected chi connectivity index (χ3v) is 3.42. The van der Waals surface area contributed by atoms with Gasteiger partial charge in [0, 0.05) is 24.8 Å². The summed E-state index contributed by atoms with van der Waals surface area (Å²) in [7, 11) is 0. The van der Waals surface area contributed by atoms with Crippen LogP contribution in [-0.2, 0) is 4.74 Å². The van der Waals surface area contributed by atoms with Gasteiger partial charge in [0.1, 0.15) is 5.75 Å². The van der Waals surface area contributed by atoms with Gasteiger partial charge in [-0.05, 0) is 39.7 Å². The van der Waals surface area contributed by atoms with Crippen LogP contribution in [0.15, 0.2) is 24.3 Å². The lowest BCUT2D eigenvalue weighted by Gasteiger charge is -2.21. The van der Waals surface area contributed by atoms with E-state index in [9.17, 15) is 0 Å². The molecule has 1 aromatic carbocycles. The van der Waals surface area contributed by atoms with Crippen molar-refractivity contribution in [3.63, 3.8) is 0 Å². The van der Waals surface area contributed by atoms with E-state index in [4.69, 9.17) is 9.47 Å². The van der Waals surface area contributed by atoms with Crippen LogP contribution in [0.25, 0.3) is 0 Å². The smallest absolute Gasteiger partial charge is 0.124 e. The van der Waals surface area contributed by atoms with Gasteiger partial charge in [-0.15, -0.1) is 0 Å². The summed E-state index contributed by atoms with van der Waals surface area (Å²) in [5.74, 6) is 0.977. The molecule has 3 nitrogen and oxygen atoms in total. The first kappa shape index (κ1) is 14.4. The number of benzene rings is 1. The molecule has 0 unspecified atom stereocenters. The Bertz CT molecular complexity index is 386. The van der Waals surface area contributed by atoms with Gasteiger partial charge in [-0.3, -0.25) is 0 Å². The van der Waals surface area contributed by atoms with E-state index < -0.39 is 0 Å². The summed E-state index contributed by atoms with van der Waals surface area (Å²) in [5.41, 5.74) is 1.22. The van der Waals surface area contributed by atoms with Crippen LogP contribution in [0.4, 0.5) is 0 Å². The van der Waals surface area contributed by atoms with Crippen molar-refractivity contribution in [2.24, 2.45) is 0 Å². The van der Waals surface area contributed by atoms with E-state index >= 15 is 0 Å². The van der Waals surface area contributed by atoms with E-state index in [1.807, 2.05) is 12.1 Å². The van der Waals surface area contributed by atoms with Gasteiger partial charge in [0.15, 0.2) is 0 Å². The average molecular weight is 263 g/mol. The van der Waals surface area contributed by atoms with E-state index in [0.717, 1.165) is 18.9 Å². The molecule has 1 aromatic rings. The molecule has 1 fully saturated rings. The number of para-hydroxylation sites is 1. The van der Waals surface area contributed by atoms with E-state index in [1.54, 1.807) is 0 Å². The fourth-order valence-electron chi connectivity index (χ4n) is 2.42. The maximum atomic E-state index is 5.87. The fraction of sp³-hybridized carbons (Fsp3) is 0.625.